The van der Waals surface area contributed by atoms with Crippen molar-refractivity contribution in [1.82, 2.24) is 4.98 Å². The van der Waals surface area contributed by atoms with Crippen LogP contribution in [0.2, 0.25) is 5.02 Å². The molecule has 0 radical (unpaired) electrons. The molecule has 0 aliphatic heterocycles. The fourth-order valence-corrected chi connectivity index (χ4v) is 3.48. The van der Waals surface area contributed by atoms with Crippen molar-refractivity contribution in [2.24, 2.45) is 0 Å². The Labute approximate surface area is 136 Å². The number of halogens is 1. The van der Waals surface area contributed by atoms with Crippen molar-refractivity contribution in [3.8, 4) is 0 Å². The van der Waals surface area contributed by atoms with E-state index in [1.54, 1.807) is 11.3 Å². The van der Waals surface area contributed by atoms with Crippen LogP contribution in [0, 0.1) is 13.8 Å². The molecule has 2 aromatic rings. The van der Waals surface area contributed by atoms with Gasteiger partial charge < -0.3 is 5.32 Å². The van der Waals surface area contributed by atoms with Crippen molar-refractivity contribution in [3.63, 3.8) is 0 Å². The summed E-state index contributed by atoms with van der Waals surface area (Å²) in [6.45, 7) is 13.0. The molecule has 0 aliphatic carbocycles. The first-order valence-electron chi connectivity index (χ1n) is 7.19. The second kappa shape index (κ2) is 5.98. The molecule has 1 N–H and O–H groups in total. The highest BCUT2D eigenvalue weighted by atomic mass is 35.5. The van der Waals surface area contributed by atoms with Gasteiger partial charge in [-0.25, -0.2) is 4.98 Å². The molecule has 4 heteroatoms. The molecule has 0 saturated carbocycles. The van der Waals surface area contributed by atoms with E-state index < -0.39 is 0 Å². The highest BCUT2D eigenvalue weighted by Gasteiger charge is 2.22. The van der Waals surface area contributed by atoms with Crippen LogP contribution in [-0.2, 0) is 5.41 Å². The van der Waals surface area contributed by atoms with Gasteiger partial charge in [-0.05, 0) is 38.5 Å². The summed E-state index contributed by atoms with van der Waals surface area (Å²) < 4.78 is 0. The summed E-state index contributed by atoms with van der Waals surface area (Å²) in [5.41, 5.74) is 3.49. The maximum Gasteiger partial charge on any atom is 0.0985 e. The third kappa shape index (κ3) is 3.78. The maximum atomic E-state index is 6.09. The van der Waals surface area contributed by atoms with Crippen molar-refractivity contribution in [2.45, 2.75) is 53.0 Å². The molecule has 0 bridgehead atoms. The number of hydrogen-bond acceptors (Lipinski definition) is 3. The zero-order valence-electron chi connectivity index (χ0n) is 13.5. The molecule has 0 fully saturated rings. The van der Waals surface area contributed by atoms with Gasteiger partial charge in [0, 0.05) is 21.0 Å². The van der Waals surface area contributed by atoms with Crippen LogP contribution < -0.4 is 5.32 Å². The normalized spacial score (nSPS) is 13.3. The number of aromatic nitrogens is 1. The van der Waals surface area contributed by atoms with E-state index >= 15 is 0 Å². The molecule has 1 heterocycles. The van der Waals surface area contributed by atoms with Crippen molar-refractivity contribution in [1.29, 1.82) is 0 Å². The van der Waals surface area contributed by atoms with Gasteiger partial charge in [-0.15, -0.1) is 11.3 Å². The smallest absolute Gasteiger partial charge is 0.0985 e. The van der Waals surface area contributed by atoms with Crippen LogP contribution >= 0.6 is 22.9 Å². The van der Waals surface area contributed by atoms with E-state index in [9.17, 15) is 0 Å². The Balaban J connectivity index is 2.26. The Hall–Kier alpha value is -1.06. The van der Waals surface area contributed by atoms with Crippen molar-refractivity contribution in [3.05, 3.63) is 44.4 Å². The van der Waals surface area contributed by atoms with Gasteiger partial charge in [0.1, 0.15) is 0 Å². The van der Waals surface area contributed by atoms with Crippen LogP contribution in [0.5, 0.6) is 0 Å². The van der Waals surface area contributed by atoms with E-state index in [-0.39, 0.29) is 11.5 Å². The topological polar surface area (TPSA) is 24.9 Å². The van der Waals surface area contributed by atoms with E-state index in [4.69, 9.17) is 16.6 Å². The third-order valence-corrected chi connectivity index (χ3v) is 5.44. The fourth-order valence-electron chi connectivity index (χ4n) is 2.18. The summed E-state index contributed by atoms with van der Waals surface area (Å²) in [5, 5.41) is 5.50. The van der Waals surface area contributed by atoms with E-state index in [1.807, 2.05) is 18.2 Å². The van der Waals surface area contributed by atoms with E-state index in [0.29, 0.717) is 0 Å². The van der Waals surface area contributed by atoms with Gasteiger partial charge in [-0.2, -0.15) is 0 Å². The molecular formula is C17H23ClN2S. The molecule has 0 amide bonds. The Morgan fingerprint density at radius 3 is 2.48 bits per heavy atom. The zero-order valence-corrected chi connectivity index (χ0v) is 15.1. The van der Waals surface area contributed by atoms with E-state index in [2.05, 4.69) is 46.9 Å². The number of rotatable bonds is 3. The average molecular weight is 323 g/mol. The van der Waals surface area contributed by atoms with Crippen molar-refractivity contribution in [2.75, 3.05) is 5.32 Å². The zero-order chi connectivity index (χ0) is 15.8. The van der Waals surface area contributed by atoms with Gasteiger partial charge in [0.05, 0.1) is 16.7 Å². The lowest BCUT2D eigenvalue weighted by Gasteiger charge is -2.17. The summed E-state index contributed by atoms with van der Waals surface area (Å²) >= 11 is 7.89. The predicted molar refractivity (Wildman–Crippen MR) is 93.8 cm³/mol. The highest BCUT2D eigenvalue weighted by molar-refractivity contribution is 7.12. The molecule has 0 spiro atoms. The second-order valence-electron chi connectivity index (χ2n) is 6.54. The van der Waals surface area contributed by atoms with Gasteiger partial charge >= 0.3 is 0 Å². The Bertz CT molecular complexity index is 641. The van der Waals surface area contributed by atoms with Crippen LogP contribution in [-0.4, -0.2) is 4.98 Å². The van der Waals surface area contributed by atoms with Crippen LogP contribution in [0.3, 0.4) is 0 Å². The Morgan fingerprint density at radius 2 is 1.90 bits per heavy atom. The molecule has 1 unspecified atom stereocenters. The quantitative estimate of drug-likeness (QED) is 0.762. The maximum absolute atomic E-state index is 6.09. The summed E-state index contributed by atoms with van der Waals surface area (Å²) in [7, 11) is 0. The molecule has 1 aromatic carbocycles. The monoisotopic (exact) mass is 322 g/mol. The first kappa shape index (κ1) is 16.3. The number of thiazole rings is 1. The number of nitrogens with one attached hydrogen (secondary N) is 1. The summed E-state index contributed by atoms with van der Waals surface area (Å²) in [5.74, 6) is 0. The van der Waals surface area contributed by atoms with Gasteiger partial charge in [0.25, 0.3) is 0 Å². The standard InChI is InChI=1S/C17H23ClN2S/c1-10-7-8-13(18)9-14(10)19-11(2)15-12(3)20-16(21-15)17(4,5)6/h7-9,11,19H,1-6H3. The number of anilines is 1. The number of benzene rings is 1. The second-order valence-corrected chi connectivity index (χ2v) is 8.01. The van der Waals surface area contributed by atoms with Crippen molar-refractivity contribution < 1.29 is 0 Å². The highest BCUT2D eigenvalue weighted by Crippen LogP contribution is 2.34. The van der Waals surface area contributed by atoms with Gasteiger partial charge in [0.15, 0.2) is 0 Å². The van der Waals surface area contributed by atoms with Crippen LogP contribution in [0.15, 0.2) is 18.2 Å². The Kier molecular flexibility index (Phi) is 4.64. The lowest BCUT2D eigenvalue weighted by molar-refractivity contribution is 0.584. The van der Waals surface area contributed by atoms with Crippen LogP contribution in [0.1, 0.15) is 54.9 Å². The third-order valence-electron chi connectivity index (χ3n) is 3.44. The van der Waals surface area contributed by atoms with Crippen LogP contribution in [0.25, 0.3) is 0 Å². The molecule has 2 rings (SSSR count). The number of hydrogen-bond donors (Lipinski definition) is 1. The molecule has 0 saturated heterocycles. The molecule has 1 atom stereocenters. The largest absolute Gasteiger partial charge is 0.377 e. The van der Waals surface area contributed by atoms with Crippen LogP contribution in [0.4, 0.5) is 5.69 Å². The first-order chi connectivity index (χ1) is 9.68. The average Bonchev–Trinajstić information content (AvgIpc) is 2.76. The molecule has 1 aromatic heterocycles. The minimum atomic E-state index is 0.0966. The number of aryl methyl sites for hydroxylation is 2. The molecule has 0 aliphatic rings. The van der Waals surface area contributed by atoms with E-state index in [1.165, 1.54) is 15.4 Å². The minimum absolute atomic E-state index is 0.0966. The van der Waals surface area contributed by atoms with E-state index in [0.717, 1.165) is 16.4 Å². The lowest BCUT2D eigenvalue weighted by Crippen LogP contribution is -2.10. The van der Waals surface area contributed by atoms with Gasteiger partial charge in [0.2, 0.25) is 0 Å². The Morgan fingerprint density at radius 1 is 1.24 bits per heavy atom. The summed E-state index contributed by atoms with van der Waals surface area (Å²) in [6.07, 6.45) is 0. The van der Waals surface area contributed by atoms with Gasteiger partial charge in [-0.1, -0.05) is 38.4 Å². The minimum Gasteiger partial charge on any atom is -0.377 e. The van der Waals surface area contributed by atoms with Gasteiger partial charge in [-0.3, -0.25) is 0 Å². The molecular weight excluding hydrogens is 300 g/mol. The number of nitrogens with zero attached hydrogens (tertiary/aromatic N) is 1. The fraction of sp³-hybridized carbons (Fsp3) is 0.471. The summed E-state index contributed by atoms with van der Waals surface area (Å²) in [6, 6.07) is 6.16. The SMILES string of the molecule is Cc1ccc(Cl)cc1NC(C)c1sc(C(C)(C)C)nc1C. The predicted octanol–water partition coefficient (Wildman–Crippen LogP) is 5.88. The first-order valence-corrected chi connectivity index (χ1v) is 8.38. The summed E-state index contributed by atoms with van der Waals surface area (Å²) in [4.78, 5) is 6.03. The lowest BCUT2D eigenvalue weighted by atomic mass is 9.98. The molecule has 2 nitrogen and oxygen atoms in total. The van der Waals surface area contributed by atoms with Crippen molar-refractivity contribution >= 4 is 28.6 Å². The molecule has 21 heavy (non-hydrogen) atoms. The molecule has 114 valence electrons.